The van der Waals surface area contributed by atoms with Gasteiger partial charge in [0.05, 0.1) is 0 Å². The van der Waals surface area contributed by atoms with Gasteiger partial charge in [-0.25, -0.2) is 0 Å². The van der Waals surface area contributed by atoms with E-state index in [0.29, 0.717) is 11.8 Å². The van der Waals surface area contributed by atoms with E-state index in [1.165, 1.54) is 16.7 Å². The molecule has 31 heavy (non-hydrogen) atoms. The molecule has 0 saturated heterocycles. The lowest BCUT2D eigenvalue weighted by Crippen LogP contribution is -2.41. The van der Waals surface area contributed by atoms with Gasteiger partial charge >= 0.3 is 0 Å². The highest BCUT2D eigenvalue weighted by atomic mass is 16.3. The van der Waals surface area contributed by atoms with Gasteiger partial charge in [-0.2, -0.15) is 0 Å². The predicted octanol–water partition coefficient (Wildman–Crippen LogP) is 6.72. The minimum absolute atomic E-state index is 0.134. The van der Waals surface area contributed by atoms with E-state index in [2.05, 4.69) is 20.8 Å². The quantitative estimate of drug-likeness (QED) is 0.444. The summed E-state index contributed by atoms with van der Waals surface area (Å²) in [6.45, 7) is 6.94. The molecule has 0 amide bonds. The fourth-order valence-corrected chi connectivity index (χ4v) is 5.29. The van der Waals surface area contributed by atoms with Crippen LogP contribution in [0.15, 0.2) is 72.8 Å². The molecule has 3 N–H and O–H groups in total. The van der Waals surface area contributed by atoms with E-state index in [1.54, 1.807) is 36.4 Å². The van der Waals surface area contributed by atoms with Crippen molar-refractivity contribution in [3.8, 4) is 17.2 Å². The van der Waals surface area contributed by atoms with Crippen LogP contribution in [0.2, 0.25) is 0 Å². The molecular formula is C28H32O3. The number of rotatable bonds is 3. The molecule has 1 fully saturated rings. The smallest absolute Gasteiger partial charge is 0.115 e. The lowest BCUT2D eigenvalue weighted by Gasteiger charge is -2.49. The Bertz CT molecular complexity index is 966. The maximum atomic E-state index is 9.93. The van der Waals surface area contributed by atoms with Gasteiger partial charge in [0.2, 0.25) is 0 Å². The SMILES string of the molecule is CC(C)(C)C1CC(c2ccc(O)cc2)CC(c2ccc(O)cc2)(c2ccc(O)cc2)C1. The summed E-state index contributed by atoms with van der Waals surface area (Å²) in [5, 5.41) is 29.7. The van der Waals surface area contributed by atoms with Crippen LogP contribution in [0.3, 0.4) is 0 Å². The van der Waals surface area contributed by atoms with Crippen LogP contribution >= 0.6 is 0 Å². The molecule has 3 nitrogen and oxygen atoms in total. The van der Waals surface area contributed by atoms with Gasteiger partial charge in [0.15, 0.2) is 0 Å². The average Bonchev–Trinajstić information content (AvgIpc) is 2.74. The van der Waals surface area contributed by atoms with Crippen LogP contribution in [0, 0.1) is 11.3 Å². The van der Waals surface area contributed by atoms with Gasteiger partial charge in [0.25, 0.3) is 0 Å². The molecule has 0 aromatic heterocycles. The highest BCUT2D eigenvalue weighted by molar-refractivity contribution is 5.45. The Morgan fingerprint density at radius 3 is 1.48 bits per heavy atom. The van der Waals surface area contributed by atoms with Crippen LogP contribution in [0.5, 0.6) is 17.2 Å². The van der Waals surface area contributed by atoms with Crippen molar-refractivity contribution >= 4 is 0 Å². The van der Waals surface area contributed by atoms with Crippen molar-refractivity contribution in [2.45, 2.75) is 51.4 Å². The Balaban J connectivity index is 1.88. The summed E-state index contributed by atoms with van der Waals surface area (Å²) in [4.78, 5) is 0. The Morgan fingerprint density at radius 1 is 0.645 bits per heavy atom. The third-order valence-corrected chi connectivity index (χ3v) is 7.19. The molecule has 162 valence electrons. The predicted molar refractivity (Wildman–Crippen MR) is 125 cm³/mol. The lowest BCUT2D eigenvalue weighted by molar-refractivity contribution is 0.121. The molecule has 3 aromatic carbocycles. The monoisotopic (exact) mass is 416 g/mol. The first-order valence-electron chi connectivity index (χ1n) is 11.1. The van der Waals surface area contributed by atoms with Gasteiger partial charge in [-0.3, -0.25) is 0 Å². The van der Waals surface area contributed by atoms with Crippen molar-refractivity contribution in [2.75, 3.05) is 0 Å². The Hall–Kier alpha value is -2.94. The van der Waals surface area contributed by atoms with Crippen molar-refractivity contribution < 1.29 is 15.3 Å². The zero-order valence-electron chi connectivity index (χ0n) is 18.5. The van der Waals surface area contributed by atoms with Crippen molar-refractivity contribution in [3.05, 3.63) is 89.5 Å². The summed E-state index contributed by atoms with van der Waals surface area (Å²) in [5.41, 5.74) is 3.52. The van der Waals surface area contributed by atoms with Crippen LogP contribution in [-0.2, 0) is 5.41 Å². The van der Waals surface area contributed by atoms with Gasteiger partial charge in [-0.15, -0.1) is 0 Å². The van der Waals surface area contributed by atoms with Gasteiger partial charge in [-0.1, -0.05) is 57.2 Å². The molecule has 1 aliphatic rings. The third-order valence-electron chi connectivity index (χ3n) is 7.19. The van der Waals surface area contributed by atoms with Gasteiger partial charge in [0.1, 0.15) is 17.2 Å². The Kier molecular flexibility index (Phi) is 5.47. The van der Waals surface area contributed by atoms with Gasteiger partial charge in [-0.05, 0) is 89.6 Å². The number of phenolic OH excluding ortho intramolecular Hbond substituents is 3. The Morgan fingerprint density at radius 2 is 1.06 bits per heavy atom. The van der Waals surface area contributed by atoms with Crippen molar-refractivity contribution in [1.29, 1.82) is 0 Å². The van der Waals surface area contributed by atoms with E-state index in [1.807, 2.05) is 36.4 Å². The first-order valence-corrected chi connectivity index (χ1v) is 11.1. The molecule has 0 spiro atoms. The molecule has 1 saturated carbocycles. The standard InChI is InChI=1S/C28H32O3/c1-27(2,3)23-16-20(19-4-10-24(29)11-5-19)17-28(18-23,21-6-12-25(30)13-7-21)22-8-14-26(31)15-9-22/h4-15,20,23,29-31H,16-18H2,1-3H3. The molecule has 2 atom stereocenters. The average molecular weight is 417 g/mol. The first kappa shape index (κ1) is 21.3. The molecule has 0 bridgehead atoms. The van der Waals surface area contributed by atoms with E-state index in [0.717, 1.165) is 19.3 Å². The highest BCUT2D eigenvalue weighted by Gasteiger charge is 2.46. The second kappa shape index (κ2) is 7.96. The zero-order valence-corrected chi connectivity index (χ0v) is 18.5. The van der Waals surface area contributed by atoms with Gasteiger partial charge in [0, 0.05) is 5.41 Å². The molecule has 0 aliphatic heterocycles. The van der Waals surface area contributed by atoms with Crippen molar-refractivity contribution in [3.63, 3.8) is 0 Å². The third kappa shape index (κ3) is 4.27. The maximum absolute atomic E-state index is 9.93. The van der Waals surface area contributed by atoms with Crippen LogP contribution in [0.4, 0.5) is 0 Å². The van der Waals surface area contributed by atoms with E-state index in [4.69, 9.17) is 0 Å². The second-order valence-electron chi connectivity index (χ2n) is 10.2. The molecule has 0 radical (unpaired) electrons. The first-order chi connectivity index (χ1) is 14.7. The molecule has 0 heterocycles. The maximum Gasteiger partial charge on any atom is 0.115 e. The molecule has 2 unspecified atom stereocenters. The summed E-state index contributed by atoms with van der Waals surface area (Å²) in [6, 6.07) is 22.9. The second-order valence-corrected chi connectivity index (χ2v) is 10.2. The van der Waals surface area contributed by atoms with E-state index < -0.39 is 0 Å². The highest BCUT2D eigenvalue weighted by Crippen LogP contribution is 2.55. The Labute approximate surface area is 185 Å². The van der Waals surface area contributed by atoms with Crippen LogP contribution < -0.4 is 0 Å². The summed E-state index contributed by atoms with van der Waals surface area (Å²) in [5.74, 6) is 1.63. The van der Waals surface area contributed by atoms with Gasteiger partial charge < -0.3 is 15.3 Å². The van der Waals surface area contributed by atoms with Crippen LogP contribution in [0.25, 0.3) is 0 Å². The summed E-state index contributed by atoms with van der Waals surface area (Å²) >= 11 is 0. The van der Waals surface area contributed by atoms with Crippen LogP contribution in [0.1, 0.15) is 62.6 Å². The largest absolute Gasteiger partial charge is 0.508 e. The number of aromatic hydroxyl groups is 3. The molecule has 3 heteroatoms. The normalized spacial score (nSPS) is 21.0. The van der Waals surface area contributed by atoms with E-state index in [-0.39, 0.29) is 28.1 Å². The van der Waals surface area contributed by atoms with Crippen molar-refractivity contribution in [2.24, 2.45) is 11.3 Å². The number of hydrogen-bond acceptors (Lipinski definition) is 3. The minimum atomic E-state index is -0.236. The zero-order chi connectivity index (χ0) is 22.2. The number of benzene rings is 3. The van der Waals surface area contributed by atoms with E-state index >= 15 is 0 Å². The van der Waals surface area contributed by atoms with Crippen molar-refractivity contribution in [1.82, 2.24) is 0 Å². The fourth-order valence-electron chi connectivity index (χ4n) is 5.29. The summed E-state index contributed by atoms with van der Waals surface area (Å²) < 4.78 is 0. The fraction of sp³-hybridized carbons (Fsp3) is 0.357. The van der Waals surface area contributed by atoms with E-state index in [9.17, 15) is 15.3 Å². The number of hydrogen-bond donors (Lipinski definition) is 3. The lowest BCUT2D eigenvalue weighted by atomic mass is 9.54. The molecule has 4 rings (SSSR count). The summed E-state index contributed by atoms with van der Waals surface area (Å²) in [7, 11) is 0. The van der Waals surface area contributed by atoms with Crippen LogP contribution in [-0.4, -0.2) is 15.3 Å². The summed E-state index contributed by atoms with van der Waals surface area (Å²) in [6.07, 6.45) is 3.02. The molecule has 1 aliphatic carbocycles. The number of phenols is 3. The minimum Gasteiger partial charge on any atom is -0.508 e. The molecule has 3 aromatic rings. The topological polar surface area (TPSA) is 60.7 Å². The molecular weight excluding hydrogens is 384 g/mol.